The van der Waals surface area contributed by atoms with E-state index in [1.54, 1.807) is 18.3 Å². The van der Waals surface area contributed by atoms with E-state index in [9.17, 15) is 4.39 Å². The highest BCUT2D eigenvalue weighted by atomic mass is 32.2. The topological polar surface area (TPSA) is 29.3 Å². The number of hydrogen-bond acceptors (Lipinski definition) is 4. The minimum atomic E-state index is -0.266. The zero-order valence-corrected chi connectivity index (χ0v) is 13.9. The minimum Gasteiger partial charge on any atom is -0.436 e. The summed E-state index contributed by atoms with van der Waals surface area (Å²) in [5.74, 6) is 3.32. The fourth-order valence-electron chi connectivity index (χ4n) is 2.79. The molecule has 0 amide bonds. The summed E-state index contributed by atoms with van der Waals surface area (Å²) < 4.78 is 18.8. The molecule has 1 aromatic heterocycles. The molecule has 1 aliphatic heterocycles. The van der Waals surface area contributed by atoms with Gasteiger partial charge in [0.1, 0.15) is 5.82 Å². The predicted molar refractivity (Wildman–Crippen MR) is 96.9 cm³/mol. The van der Waals surface area contributed by atoms with Crippen LogP contribution in [0.15, 0.2) is 59.1 Å². The summed E-state index contributed by atoms with van der Waals surface area (Å²) >= 11 is 2.01. The number of oxazole rings is 1. The molecule has 24 heavy (non-hydrogen) atoms. The monoisotopic (exact) mass is 340 g/mol. The number of aromatic nitrogens is 1. The molecule has 5 heteroatoms. The molecule has 0 N–H and O–H groups in total. The van der Waals surface area contributed by atoms with Crippen LogP contribution in [0.4, 0.5) is 10.1 Å². The number of hydrogen-bond donors (Lipinski definition) is 0. The first-order valence-corrected chi connectivity index (χ1v) is 9.10. The van der Waals surface area contributed by atoms with Crippen LogP contribution >= 0.6 is 11.8 Å². The van der Waals surface area contributed by atoms with Crippen LogP contribution in [0.1, 0.15) is 0 Å². The van der Waals surface area contributed by atoms with E-state index in [1.807, 2.05) is 11.8 Å². The Labute approximate surface area is 144 Å². The second kappa shape index (κ2) is 6.69. The van der Waals surface area contributed by atoms with Crippen LogP contribution in [-0.4, -0.2) is 29.6 Å². The third-order valence-corrected chi connectivity index (χ3v) is 5.07. The number of nitrogens with zero attached hydrogens (tertiary/aromatic N) is 2. The van der Waals surface area contributed by atoms with Crippen molar-refractivity contribution in [3.8, 4) is 22.8 Å². The normalized spacial score (nSPS) is 14.8. The highest BCUT2D eigenvalue weighted by molar-refractivity contribution is 7.99. The zero-order valence-electron chi connectivity index (χ0n) is 13.1. The molecule has 0 aliphatic carbocycles. The summed E-state index contributed by atoms with van der Waals surface area (Å²) in [6.07, 6.45) is 1.71. The van der Waals surface area contributed by atoms with Crippen LogP contribution in [0, 0.1) is 5.82 Å². The fraction of sp³-hybridized carbons (Fsp3) is 0.211. The van der Waals surface area contributed by atoms with Gasteiger partial charge in [0.05, 0.1) is 6.20 Å². The van der Waals surface area contributed by atoms with Crippen molar-refractivity contribution in [3.63, 3.8) is 0 Å². The van der Waals surface area contributed by atoms with Crippen molar-refractivity contribution in [2.75, 3.05) is 29.5 Å². The standard InChI is InChI=1S/C19H17FN2OS/c20-16-5-1-15(2-6-16)19-21-13-18(23-19)14-3-7-17(8-4-14)22-9-11-24-12-10-22/h1-8,13H,9-12H2. The first-order valence-electron chi connectivity index (χ1n) is 7.94. The van der Waals surface area contributed by atoms with E-state index < -0.39 is 0 Å². The van der Waals surface area contributed by atoms with E-state index in [4.69, 9.17) is 4.42 Å². The maximum atomic E-state index is 13.0. The van der Waals surface area contributed by atoms with Crippen LogP contribution < -0.4 is 4.90 Å². The van der Waals surface area contributed by atoms with E-state index in [2.05, 4.69) is 34.1 Å². The smallest absolute Gasteiger partial charge is 0.226 e. The molecule has 4 rings (SSSR count). The molecule has 0 atom stereocenters. The number of halogens is 1. The minimum absolute atomic E-state index is 0.266. The summed E-state index contributed by atoms with van der Waals surface area (Å²) in [4.78, 5) is 6.71. The van der Waals surface area contributed by atoms with Crippen molar-refractivity contribution in [1.29, 1.82) is 0 Å². The molecule has 2 heterocycles. The van der Waals surface area contributed by atoms with Gasteiger partial charge in [0.15, 0.2) is 5.76 Å². The predicted octanol–water partition coefficient (Wildman–Crippen LogP) is 4.70. The van der Waals surface area contributed by atoms with E-state index >= 15 is 0 Å². The maximum Gasteiger partial charge on any atom is 0.226 e. The molecule has 122 valence electrons. The lowest BCUT2D eigenvalue weighted by Crippen LogP contribution is -2.32. The lowest BCUT2D eigenvalue weighted by atomic mass is 10.1. The van der Waals surface area contributed by atoms with E-state index in [0.29, 0.717) is 5.89 Å². The van der Waals surface area contributed by atoms with Gasteiger partial charge in [0, 0.05) is 41.4 Å². The van der Waals surface area contributed by atoms with Crippen LogP contribution in [-0.2, 0) is 0 Å². The van der Waals surface area contributed by atoms with Crippen molar-refractivity contribution < 1.29 is 8.81 Å². The molecule has 2 aromatic carbocycles. The molecule has 1 saturated heterocycles. The molecule has 0 spiro atoms. The van der Waals surface area contributed by atoms with Gasteiger partial charge in [-0.15, -0.1) is 0 Å². The zero-order chi connectivity index (χ0) is 16.4. The second-order valence-electron chi connectivity index (χ2n) is 5.68. The van der Waals surface area contributed by atoms with Gasteiger partial charge in [-0.1, -0.05) is 0 Å². The fourth-order valence-corrected chi connectivity index (χ4v) is 3.69. The van der Waals surface area contributed by atoms with Crippen LogP contribution in [0.25, 0.3) is 22.8 Å². The molecular formula is C19H17FN2OS. The van der Waals surface area contributed by atoms with Gasteiger partial charge >= 0.3 is 0 Å². The molecule has 3 nitrogen and oxygen atoms in total. The number of thioether (sulfide) groups is 1. The van der Waals surface area contributed by atoms with Gasteiger partial charge in [0.25, 0.3) is 0 Å². The molecular weight excluding hydrogens is 323 g/mol. The third-order valence-electron chi connectivity index (χ3n) is 4.12. The lowest BCUT2D eigenvalue weighted by molar-refractivity contribution is 0.588. The van der Waals surface area contributed by atoms with E-state index in [-0.39, 0.29) is 5.82 Å². The van der Waals surface area contributed by atoms with Gasteiger partial charge in [-0.3, -0.25) is 0 Å². The highest BCUT2D eigenvalue weighted by Gasteiger charge is 2.12. The molecule has 0 radical (unpaired) electrons. The Balaban J connectivity index is 1.54. The molecule has 3 aromatic rings. The summed E-state index contributed by atoms with van der Waals surface area (Å²) in [5.41, 5.74) is 3.01. The average molecular weight is 340 g/mol. The van der Waals surface area contributed by atoms with Crippen LogP contribution in [0.3, 0.4) is 0 Å². The second-order valence-corrected chi connectivity index (χ2v) is 6.91. The Kier molecular flexibility index (Phi) is 4.26. The molecule has 0 saturated carbocycles. The van der Waals surface area contributed by atoms with Crippen molar-refractivity contribution >= 4 is 17.4 Å². The maximum absolute atomic E-state index is 13.0. The Bertz CT molecular complexity index is 808. The molecule has 1 aliphatic rings. The van der Waals surface area contributed by atoms with Gasteiger partial charge < -0.3 is 9.32 Å². The van der Waals surface area contributed by atoms with Crippen molar-refractivity contribution in [2.24, 2.45) is 0 Å². The van der Waals surface area contributed by atoms with Gasteiger partial charge in [-0.2, -0.15) is 11.8 Å². The largest absolute Gasteiger partial charge is 0.436 e. The highest BCUT2D eigenvalue weighted by Crippen LogP contribution is 2.28. The summed E-state index contributed by atoms with van der Waals surface area (Å²) in [6, 6.07) is 14.5. The summed E-state index contributed by atoms with van der Waals surface area (Å²) in [7, 11) is 0. The summed E-state index contributed by atoms with van der Waals surface area (Å²) in [5, 5.41) is 0. The molecule has 1 fully saturated rings. The number of anilines is 1. The summed E-state index contributed by atoms with van der Waals surface area (Å²) in [6.45, 7) is 2.20. The van der Waals surface area contributed by atoms with E-state index in [1.165, 1.54) is 29.3 Å². The number of rotatable bonds is 3. The van der Waals surface area contributed by atoms with Crippen molar-refractivity contribution in [2.45, 2.75) is 0 Å². The first kappa shape index (κ1) is 15.3. The van der Waals surface area contributed by atoms with Crippen molar-refractivity contribution in [3.05, 3.63) is 60.5 Å². The SMILES string of the molecule is Fc1ccc(-c2ncc(-c3ccc(N4CCSCC4)cc3)o2)cc1. The van der Waals surface area contributed by atoms with Gasteiger partial charge in [-0.05, 0) is 48.5 Å². The van der Waals surface area contributed by atoms with Crippen LogP contribution in [0.5, 0.6) is 0 Å². The van der Waals surface area contributed by atoms with E-state index in [0.717, 1.165) is 30.0 Å². The Morgan fingerprint density at radius 3 is 2.29 bits per heavy atom. The van der Waals surface area contributed by atoms with Gasteiger partial charge in [-0.25, -0.2) is 9.37 Å². The quantitative estimate of drug-likeness (QED) is 0.691. The lowest BCUT2D eigenvalue weighted by Gasteiger charge is -2.28. The average Bonchev–Trinajstić information content (AvgIpc) is 3.13. The first-order chi connectivity index (χ1) is 11.8. The van der Waals surface area contributed by atoms with Crippen molar-refractivity contribution in [1.82, 2.24) is 4.98 Å². The molecule has 0 unspecified atom stereocenters. The Hall–Kier alpha value is -2.27. The molecule has 0 bridgehead atoms. The Morgan fingerprint density at radius 2 is 1.58 bits per heavy atom. The number of benzene rings is 2. The third kappa shape index (κ3) is 3.17. The van der Waals surface area contributed by atoms with Gasteiger partial charge in [0.2, 0.25) is 5.89 Å². The van der Waals surface area contributed by atoms with Crippen LogP contribution in [0.2, 0.25) is 0 Å². The Morgan fingerprint density at radius 1 is 0.917 bits per heavy atom.